The van der Waals surface area contributed by atoms with Gasteiger partial charge in [-0.05, 0) is 50.5 Å². The van der Waals surface area contributed by atoms with Gasteiger partial charge in [0.05, 0.1) is 0 Å². The fraction of sp³-hybridized carbons (Fsp3) is 0.933. The van der Waals surface area contributed by atoms with E-state index in [4.69, 9.17) is 5.73 Å². The second-order valence-corrected chi connectivity index (χ2v) is 6.02. The van der Waals surface area contributed by atoms with Gasteiger partial charge in [0.2, 0.25) is 5.91 Å². The van der Waals surface area contributed by atoms with Crippen LogP contribution in [0.15, 0.2) is 0 Å². The minimum absolute atomic E-state index is 0. The van der Waals surface area contributed by atoms with Gasteiger partial charge >= 0.3 is 0 Å². The number of halogens is 1. The van der Waals surface area contributed by atoms with Gasteiger partial charge in [-0.1, -0.05) is 26.7 Å². The van der Waals surface area contributed by atoms with Crippen molar-refractivity contribution in [1.82, 2.24) is 5.32 Å². The molecule has 0 aliphatic heterocycles. The molecular weight excluding hydrogens is 260 g/mol. The summed E-state index contributed by atoms with van der Waals surface area (Å²) in [6.07, 6.45) is 8.71. The van der Waals surface area contributed by atoms with E-state index < -0.39 is 0 Å². The van der Waals surface area contributed by atoms with Crippen LogP contribution in [0, 0.1) is 11.8 Å². The molecule has 0 bridgehead atoms. The van der Waals surface area contributed by atoms with E-state index in [9.17, 15) is 4.79 Å². The van der Waals surface area contributed by atoms with Crippen LogP contribution < -0.4 is 11.1 Å². The molecule has 4 heteroatoms. The Morgan fingerprint density at radius 1 is 1.16 bits per heavy atom. The summed E-state index contributed by atoms with van der Waals surface area (Å²) in [6.45, 7) is 5.35. The molecule has 1 amide bonds. The number of carbonyl (C=O) groups is 1. The van der Waals surface area contributed by atoms with Gasteiger partial charge in [-0.25, -0.2) is 0 Å². The molecule has 0 saturated heterocycles. The van der Waals surface area contributed by atoms with E-state index >= 15 is 0 Å². The first-order chi connectivity index (χ1) is 8.63. The zero-order valence-corrected chi connectivity index (χ0v) is 13.3. The van der Waals surface area contributed by atoms with Gasteiger partial charge in [0.25, 0.3) is 0 Å². The summed E-state index contributed by atoms with van der Waals surface area (Å²) in [7, 11) is 0. The second kappa shape index (κ2) is 10.5. The molecule has 3 atom stereocenters. The Bertz CT molecular complexity index is 248. The van der Waals surface area contributed by atoms with Crippen LogP contribution in [0.5, 0.6) is 0 Å². The summed E-state index contributed by atoms with van der Waals surface area (Å²) in [5.74, 6) is 1.70. The van der Waals surface area contributed by atoms with E-state index in [1.54, 1.807) is 0 Å². The molecule has 1 aliphatic carbocycles. The molecule has 114 valence electrons. The molecular formula is C15H31ClN2O. The highest BCUT2D eigenvalue weighted by Crippen LogP contribution is 2.28. The van der Waals surface area contributed by atoms with E-state index in [2.05, 4.69) is 19.2 Å². The fourth-order valence-corrected chi connectivity index (χ4v) is 2.94. The molecule has 0 aromatic rings. The number of nitrogens with two attached hydrogens (primary N) is 1. The SMILES string of the molecule is CC1CCC(NC(=O)CCCCCCN)C(C)C1.Cl. The molecule has 1 rings (SSSR count). The van der Waals surface area contributed by atoms with Gasteiger partial charge in [0, 0.05) is 12.5 Å². The number of hydrogen-bond donors (Lipinski definition) is 2. The number of nitrogens with one attached hydrogen (secondary N) is 1. The zero-order chi connectivity index (χ0) is 13.4. The van der Waals surface area contributed by atoms with Crippen molar-refractivity contribution in [1.29, 1.82) is 0 Å². The van der Waals surface area contributed by atoms with Crippen LogP contribution in [-0.4, -0.2) is 18.5 Å². The van der Waals surface area contributed by atoms with Gasteiger partial charge in [-0.2, -0.15) is 0 Å². The number of amides is 1. The molecule has 3 N–H and O–H groups in total. The molecule has 3 unspecified atom stereocenters. The van der Waals surface area contributed by atoms with E-state index in [1.807, 2.05) is 0 Å². The number of unbranched alkanes of at least 4 members (excludes halogenated alkanes) is 3. The van der Waals surface area contributed by atoms with Crippen LogP contribution in [0.2, 0.25) is 0 Å². The summed E-state index contributed by atoms with van der Waals surface area (Å²) in [6, 6.07) is 0.415. The first-order valence-corrected chi connectivity index (χ1v) is 7.63. The normalized spacial score (nSPS) is 26.6. The van der Waals surface area contributed by atoms with Crippen LogP contribution in [0.1, 0.15) is 65.2 Å². The predicted molar refractivity (Wildman–Crippen MR) is 83.5 cm³/mol. The number of rotatable bonds is 7. The van der Waals surface area contributed by atoms with Crippen molar-refractivity contribution in [3.05, 3.63) is 0 Å². The van der Waals surface area contributed by atoms with Crippen molar-refractivity contribution in [3.63, 3.8) is 0 Å². The first kappa shape index (κ1) is 18.7. The Kier molecular flexibility index (Phi) is 10.3. The minimum Gasteiger partial charge on any atom is -0.353 e. The van der Waals surface area contributed by atoms with Crippen LogP contribution in [0.3, 0.4) is 0 Å². The molecule has 0 heterocycles. The maximum Gasteiger partial charge on any atom is 0.220 e. The average Bonchev–Trinajstić information content (AvgIpc) is 2.32. The van der Waals surface area contributed by atoms with E-state index in [0.717, 1.165) is 44.6 Å². The highest BCUT2D eigenvalue weighted by molar-refractivity contribution is 5.85. The Labute approximate surface area is 124 Å². The maximum absolute atomic E-state index is 11.8. The average molecular weight is 291 g/mol. The van der Waals surface area contributed by atoms with E-state index in [-0.39, 0.29) is 18.3 Å². The van der Waals surface area contributed by atoms with Crippen molar-refractivity contribution in [2.75, 3.05) is 6.54 Å². The van der Waals surface area contributed by atoms with E-state index in [0.29, 0.717) is 18.4 Å². The molecule has 1 fully saturated rings. The molecule has 1 saturated carbocycles. The third kappa shape index (κ3) is 7.78. The van der Waals surface area contributed by atoms with Gasteiger partial charge in [-0.3, -0.25) is 4.79 Å². The topological polar surface area (TPSA) is 55.1 Å². The van der Waals surface area contributed by atoms with Crippen molar-refractivity contribution >= 4 is 18.3 Å². The molecule has 1 aliphatic rings. The smallest absolute Gasteiger partial charge is 0.220 e. The van der Waals surface area contributed by atoms with Crippen molar-refractivity contribution in [2.24, 2.45) is 17.6 Å². The van der Waals surface area contributed by atoms with Crippen LogP contribution in [-0.2, 0) is 4.79 Å². The molecule has 0 aromatic heterocycles. The lowest BCUT2D eigenvalue weighted by molar-refractivity contribution is -0.122. The molecule has 19 heavy (non-hydrogen) atoms. The number of hydrogen-bond acceptors (Lipinski definition) is 2. The first-order valence-electron chi connectivity index (χ1n) is 7.63. The lowest BCUT2D eigenvalue weighted by Gasteiger charge is -2.33. The summed E-state index contributed by atoms with van der Waals surface area (Å²) >= 11 is 0. The lowest BCUT2D eigenvalue weighted by Crippen LogP contribution is -2.42. The highest BCUT2D eigenvalue weighted by atomic mass is 35.5. The quantitative estimate of drug-likeness (QED) is 0.707. The largest absolute Gasteiger partial charge is 0.353 e. The third-order valence-corrected chi connectivity index (χ3v) is 4.14. The van der Waals surface area contributed by atoms with Gasteiger partial charge in [0.15, 0.2) is 0 Å². The monoisotopic (exact) mass is 290 g/mol. The van der Waals surface area contributed by atoms with Crippen molar-refractivity contribution < 1.29 is 4.79 Å². The highest BCUT2D eigenvalue weighted by Gasteiger charge is 2.26. The fourth-order valence-electron chi connectivity index (χ4n) is 2.94. The Morgan fingerprint density at radius 2 is 1.84 bits per heavy atom. The molecule has 0 aromatic carbocycles. The van der Waals surface area contributed by atoms with Crippen molar-refractivity contribution in [3.8, 4) is 0 Å². The second-order valence-electron chi connectivity index (χ2n) is 6.02. The van der Waals surface area contributed by atoms with Crippen LogP contribution >= 0.6 is 12.4 Å². The predicted octanol–water partition coefficient (Wildman–Crippen LogP) is 3.26. The molecule has 3 nitrogen and oxygen atoms in total. The summed E-state index contributed by atoms with van der Waals surface area (Å²) in [5, 5.41) is 3.22. The Balaban J connectivity index is 0.00000324. The van der Waals surface area contributed by atoms with Crippen molar-refractivity contribution in [2.45, 2.75) is 71.3 Å². The Hall–Kier alpha value is -0.280. The molecule has 0 spiro atoms. The van der Waals surface area contributed by atoms with Gasteiger partial charge in [0.1, 0.15) is 0 Å². The van der Waals surface area contributed by atoms with Crippen LogP contribution in [0.25, 0.3) is 0 Å². The number of carbonyl (C=O) groups excluding carboxylic acids is 1. The lowest BCUT2D eigenvalue weighted by atomic mass is 9.80. The standard InChI is InChI=1S/C15H30N2O.ClH/c1-12-8-9-14(13(2)11-12)17-15(18)7-5-3-4-6-10-16;/h12-14H,3-11,16H2,1-2H3,(H,17,18);1H. The molecule has 0 radical (unpaired) electrons. The van der Waals surface area contributed by atoms with Gasteiger partial charge < -0.3 is 11.1 Å². The summed E-state index contributed by atoms with van der Waals surface area (Å²) in [5.41, 5.74) is 5.44. The van der Waals surface area contributed by atoms with Gasteiger partial charge in [-0.15, -0.1) is 12.4 Å². The third-order valence-electron chi connectivity index (χ3n) is 4.14. The maximum atomic E-state index is 11.8. The van der Waals surface area contributed by atoms with Crippen LogP contribution in [0.4, 0.5) is 0 Å². The minimum atomic E-state index is 0. The Morgan fingerprint density at radius 3 is 2.47 bits per heavy atom. The summed E-state index contributed by atoms with van der Waals surface area (Å²) < 4.78 is 0. The zero-order valence-electron chi connectivity index (χ0n) is 12.5. The van der Waals surface area contributed by atoms with E-state index in [1.165, 1.54) is 12.8 Å². The summed E-state index contributed by atoms with van der Waals surface area (Å²) in [4.78, 5) is 11.8.